The van der Waals surface area contributed by atoms with Gasteiger partial charge >= 0.3 is 11.7 Å². The van der Waals surface area contributed by atoms with Gasteiger partial charge in [0.1, 0.15) is 5.58 Å². The van der Waals surface area contributed by atoms with E-state index < -0.39 is 11.7 Å². The molecule has 1 aliphatic heterocycles. The summed E-state index contributed by atoms with van der Waals surface area (Å²) in [6.45, 7) is 7.33. The van der Waals surface area contributed by atoms with E-state index in [1.165, 1.54) is 11.6 Å². The molecule has 0 spiro atoms. The lowest BCUT2D eigenvalue weighted by molar-refractivity contribution is 0.0629. The third-order valence-electron chi connectivity index (χ3n) is 6.01. The molecule has 0 unspecified atom stereocenters. The van der Waals surface area contributed by atoms with Gasteiger partial charge in [0.15, 0.2) is 0 Å². The second-order valence-electron chi connectivity index (χ2n) is 8.27. The molecular formula is C26H29N3O5. The standard InChI is InChI=1S/C26H29N3O5/c1-3-18-5-7-19(8-6-18)25(31)29-13-11-28(12-14-29)17-20-15-24(30)34-23-16-21(9-10-22(20)23)27-26(32)33-4-2/h5-10,15-16H,3-4,11-14,17H2,1-2H3,(H,27,32). The highest BCUT2D eigenvalue weighted by Crippen LogP contribution is 2.23. The van der Waals surface area contributed by atoms with Crippen LogP contribution in [0.25, 0.3) is 11.0 Å². The van der Waals surface area contributed by atoms with Gasteiger partial charge in [-0.2, -0.15) is 0 Å². The number of hydrogen-bond acceptors (Lipinski definition) is 6. The summed E-state index contributed by atoms with van der Waals surface area (Å²) < 4.78 is 10.3. The predicted octanol–water partition coefficient (Wildman–Crippen LogP) is 3.88. The lowest BCUT2D eigenvalue weighted by Gasteiger charge is -2.35. The Balaban J connectivity index is 1.42. The SMILES string of the molecule is CCOC(=O)Nc1ccc2c(CN3CCN(C(=O)c4ccc(CC)cc4)CC3)cc(=O)oc2c1. The number of anilines is 1. The van der Waals surface area contributed by atoms with Crippen molar-refractivity contribution in [1.29, 1.82) is 0 Å². The molecule has 1 aliphatic rings. The number of fused-ring (bicyclic) bond motifs is 1. The third-order valence-corrected chi connectivity index (χ3v) is 6.01. The number of ether oxygens (including phenoxy) is 1. The van der Waals surface area contributed by atoms with Crippen molar-refractivity contribution in [3.8, 4) is 0 Å². The van der Waals surface area contributed by atoms with E-state index in [-0.39, 0.29) is 12.5 Å². The van der Waals surface area contributed by atoms with Crippen LogP contribution in [0, 0.1) is 0 Å². The van der Waals surface area contributed by atoms with Crippen LogP contribution in [-0.2, 0) is 17.7 Å². The van der Waals surface area contributed by atoms with E-state index in [2.05, 4.69) is 17.1 Å². The summed E-state index contributed by atoms with van der Waals surface area (Å²) in [4.78, 5) is 40.8. The highest BCUT2D eigenvalue weighted by atomic mass is 16.5. The van der Waals surface area contributed by atoms with E-state index in [0.29, 0.717) is 49.6 Å². The van der Waals surface area contributed by atoms with E-state index in [1.54, 1.807) is 19.1 Å². The van der Waals surface area contributed by atoms with Gasteiger partial charge in [-0.25, -0.2) is 9.59 Å². The van der Waals surface area contributed by atoms with Crippen LogP contribution in [0.4, 0.5) is 10.5 Å². The Morgan fingerprint density at radius 1 is 1.00 bits per heavy atom. The van der Waals surface area contributed by atoms with Crippen molar-refractivity contribution in [2.75, 3.05) is 38.1 Å². The fourth-order valence-corrected chi connectivity index (χ4v) is 4.14. The van der Waals surface area contributed by atoms with Crippen LogP contribution in [0.15, 0.2) is 57.7 Å². The van der Waals surface area contributed by atoms with E-state index in [4.69, 9.17) is 9.15 Å². The largest absolute Gasteiger partial charge is 0.450 e. The lowest BCUT2D eigenvalue weighted by Crippen LogP contribution is -2.48. The smallest absolute Gasteiger partial charge is 0.411 e. The van der Waals surface area contributed by atoms with Crippen LogP contribution in [0.1, 0.15) is 35.3 Å². The van der Waals surface area contributed by atoms with Gasteiger partial charge in [-0.05, 0) is 48.7 Å². The number of piperazine rings is 1. The minimum atomic E-state index is -0.561. The number of carbonyl (C=O) groups is 2. The topological polar surface area (TPSA) is 92.1 Å². The fourth-order valence-electron chi connectivity index (χ4n) is 4.14. The second-order valence-corrected chi connectivity index (χ2v) is 8.27. The van der Waals surface area contributed by atoms with Gasteiger partial charge in [-0.15, -0.1) is 0 Å². The number of amides is 2. The number of aryl methyl sites for hydroxylation is 1. The van der Waals surface area contributed by atoms with Crippen molar-refractivity contribution in [3.63, 3.8) is 0 Å². The molecule has 2 amide bonds. The summed E-state index contributed by atoms with van der Waals surface area (Å²) in [6, 6.07) is 14.5. The first-order valence-electron chi connectivity index (χ1n) is 11.6. The first kappa shape index (κ1) is 23.5. The summed E-state index contributed by atoms with van der Waals surface area (Å²) in [5.74, 6) is 0.0507. The van der Waals surface area contributed by atoms with E-state index >= 15 is 0 Å². The lowest BCUT2D eigenvalue weighted by atomic mass is 10.1. The highest BCUT2D eigenvalue weighted by molar-refractivity contribution is 5.94. The molecule has 0 radical (unpaired) electrons. The summed E-state index contributed by atoms with van der Waals surface area (Å²) >= 11 is 0. The molecule has 1 saturated heterocycles. The molecule has 8 nitrogen and oxygen atoms in total. The molecule has 1 aromatic heterocycles. The minimum absolute atomic E-state index is 0.0507. The van der Waals surface area contributed by atoms with Crippen molar-refractivity contribution < 1.29 is 18.7 Å². The number of nitrogens with zero attached hydrogens (tertiary/aromatic N) is 2. The Morgan fingerprint density at radius 3 is 2.41 bits per heavy atom. The average molecular weight is 464 g/mol. The normalized spacial score (nSPS) is 14.2. The zero-order valence-electron chi connectivity index (χ0n) is 19.5. The summed E-state index contributed by atoms with van der Waals surface area (Å²) in [6.07, 6.45) is 0.386. The Hall–Kier alpha value is -3.65. The van der Waals surface area contributed by atoms with Crippen molar-refractivity contribution >= 4 is 28.7 Å². The zero-order chi connectivity index (χ0) is 24.1. The summed E-state index contributed by atoms with van der Waals surface area (Å²) in [7, 11) is 0. The van der Waals surface area contributed by atoms with Crippen molar-refractivity contribution in [3.05, 3.63) is 75.6 Å². The minimum Gasteiger partial charge on any atom is -0.450 e. The number of nitrogens with one attached hydrogen (secondary N) is 1. The van der Waals surface area contributed by atoms with Crippen LogP contribution in [0.3, 0.4) is 0 Å². The van der Waals surface area contributed by atoms with Crippen LogP contribution >= 0.6 is 0 Å². The van der Waals surface area contributed by atoms with E-state index in [0.717, 1.165) is 17.4 Å². The molecule has 3 aromatic rings. The number of carbonyl (C=O) groups excluding carboxylic acids is 2. The van der Waals surface area contributed by atoms with Crippen molar-refractivity contribution in [1.82, 2.24) is 9.80 Å². The number of rotatable bonds is 6. The van der Waals surface area contributed by atoms with Gasteiger partial charge in [0.2, 0.25) is 0 Å². The maximum absolute atomic E-state index is 12.8. The first-order chi connectivity index (χ1) is 16.5. The van der Waals surface area contributed by atoms with E-state index in [9.17, 15) is 14.4 Å². The van der Waals surface area contributed by atoms with Crippen LogP contribution in [-0.4, -0.2) is 54.6 Å². The monoisotopic (exact) mass is 463 g/mol. The van der Waals surface area contributed by atoms with Gasteiger partial charge in [0.05, 0.1) is 6.61 Å². The Morgan fingerprint density at radius 2 is 1.74 bits per heavy atom. The maximum Gasteiger partial charge on any atom is 0.411 e. The molecule has 2 heterocycles. The fraction of sp³-hybridized carbons (Fsp3) is 0.346. The van der Waals surface area contributed by atoms with Gasteiger partial charge in [0.25, 0.3) is 5.91 Å². The zero-order valence-corrected chi connectivity index (χ0v) is 19.5. The predicted molar refractivity (Wildman–Crippen MR) is 130 cm³/mol. The van der Waals surface area contributed by atoms with Crippen molar-refractivity contribution in [2.24, 2.45) is 0 Å². The Bertz CT molecular complexity index is 1230. The molecule has 1 N–H and O–H groups in total. The van der Waals surface area contributed by atoms with Gasteiger partial charge in [-0.1, -0.05) is 19.1 Å². The summed E-state index contributed by atoms with van der Waals surface area (Å²) in [5.41, 5.74) is 3.23. The molecule has 178 valence electrons. The third kappa shape index (κ3) is 5.46. The molecule has 8 heteroatoms. The highest BCUT2D eigenvalue weighted by Gasteiger charge is 2.23. The molecule has 2 aromatic carbocycles. The quantitative estimate of drug-likeness (QED) is 0.558. The molecule has 4 rings (SSSR count). The van der Waals surface area contributed by atoms with Crippen LogP contribution < -0.4 is 10.9 Å². The first-order valence-corrected chi connectivity index (χ1v) is 11.6. The second kappa shape index (κ2) is 10.5. The molecule has 34 heavy (non-hydrogen) atoms. The number of hydrogen-bond donors (Lipinski definition) is 1. The average Bonchev–Trinajstić information content (AvgIpc) is 2.84. The maximum atomic E-state index is 12.8. The molecule has 0 atom stereocenters. The van der Waals surface area contributed by atoms with E-state index in [1.807, 2.05) is 35.2 Å². The van der Waals surface area contributed by atoms with Crippen LogP contribution in [0.5, 0.6) is 0 Å². The van der Waals surface area contributed by atoms with Crippen molar-refractivity contribution in [2.45, 2.75) is 26.8 Å². The van der Waals surface area contributed by atoms with Gasteiger partial charge in [-0.3, -0.25) is 15.0 Å². The Labute approximate surface area is 198 Å². The molecule has 1 fully saturated rings. The molecular weight excluding hydrogens is 434 g/mol. The van der Waals surface area contributed by atoms with Gasteiger partial charge in [0, 0.05) is 61.5 Å². The summed E-state index contributed by atoms with van der Waals surface area (Å²) in [5, 5.41) is 3.43. The molecule has 0 saturated carbocycles. The molecule has 0 aliphatic carbocycles. The molecule has 0 bridgehead atoms. The van der Waals surface area contributed by atoms with Crippen LogP contribution in [0.2, 0.25) is 0 Å². The van der Waals surface area contributed by atoms with Gasteiger partial charge < -0.3 is 14.1 Å². The Kier molecular flexibility index (Phi) is 7.27. The number of benzene rings is 2.